The number of aromatic nitrogens is 2. The number of rotatable bonds is 6. The van der Waals surface area contributed by atoms with Crippen molar-refractivity contribution in [3.05, 3.63) is 22.1 Å². The maximum absolute atomic E-state index is 10.7. The van der Waals surface area contributed by atoms with Gasteiger partial charge in [0.1, 0.15) is 12.7 Å². The maximum Gasteiger partial charge on any atom is 0.342 e. The third-order valence-corrected chi connectivity index (χ3v) is 3.33. The van der Waals surface area contributed by atoms with Gasteiger partial charge in [0, 0.05) is 17.9 Å². The standard InChI is InChI=1S/C9H15N3O3S/c1-7(6-13)16-4-3-11-8(2)10-5-9(11)12(14)15/h5,7,13H,3-4,6H2,1-2H3. The molecule has 1 atom stereocenters. The number of imidazole rings is 1. The Hall–Kier alpha value is -1.08. The van der Waals surface area contributed by atoms with E-state index in [0.29, 0.717) is 12.4 Å². The molecule has 0 spiro atoms. The van der Waals surface area contributed by atoms with Gasteiger partial charge in [0.15, 0.2) is 5.82 Å². The molecule has 1 aromatic heterocycles. The Bertz CT molecular complexity index is 367. The lowest BCUT2D eigenvalue weighted by Gasteiger charge is -2.07. The maximum atomic E-state index is 10.7. The van der Waals surface area contributed by atoms with E-state index >= 15 is 0 Å². The quantitative estimate of drug-likeness (QED) is 0.602. The summed E-state index contributed by atoms with van der Waals surface area (Å²) in [7, 11) is 0. The molecule has 0 saturated carbocycles. The van der Waals surface area contributed by atoms with Crippen LogP contribution in [0.1, 0.15) is 12.7 Å². The van der Waals surface area contributed by atoms with Gasteiger partial charge in [-0.1, -0.05) is 6.92 Å². The SMILES string of the molecule is Cc1ncc([N+](=O)[O-])n1CCSC(C)CO. The number of nitrogens with zero attached hydrogens (tertiary/aromatic N) is 3. The second-order valence-corrected chi connectivity index (χ2v) is 4.98. The molecule has 0 radical (unpaired) electrons. The first kappa shape index (κ1) is 13.0. The van der Waals surface area contributed by atoms with Gasteiger partial charge >= 0.3 is 5.82 Å². The van der Waals surface area contributed by atoms with Crippen molar-refractivity contribution in [1.82, 2.24) is 9.55 Å². The zero-order chi connectivity index (χ0) is 12.1. The van der Waals surface area contributed by atoms with Crippen LogP contribution in [0.5, 0.6) is 0 Å². The van der Waals surface area contributed by atoms with E-state index in [0.717, 1.165) is 5.75 Å². The number of hydrogen-bond donors (Lipinski definition) is 1. The molecule has 6 nitrogen and oxygen atoms in total. The molecule has 7 heteroatoms. The zero-order valence-electron chi connectivity index (χ0n) is 9.29. The Morgan fingerprint density at radius 2 is 2.44 bits per heavy atom. The molecule has 16 heavy (non-hydrogen) atoms. The summed E-state index contributed by atoms with van der Waals surface area (Å²) < 4.78 is 1.58. The second kappa shape index (κ2) is 5.86. The third-order valence-electron chi connectivity index (χ3n) is 2.20. The molecule has 90 valence electrons. The highest BCUT2D eigenvalue weighted by atomic mass is 32.2. The van der Waals surface area contributed by atoms with Crippen LogP contribution in [0.4, 0.5) is 5.82 Å². The van der Waals surface area contributed by atoms with Crippen LogP contribution in [0.25, 0.3) is 0 Å². The van der Waals surface area contributed by atoms with Gasteiger partial charge in [0.05, 0.1) is 6.61 Å². The van der Waals surface area contributed by atoms with Gasteiger partial charge in [0.25, 0.3) is 0 Å². The Kier molecular flexibility index (Phi) is 4.75. The molecule has 0 aliphatic heterocycles. The van der Waals surface area contributed by atoms with Crippen molar-refractivity contribution in [2.45, 2.75) is 25.6 Å². The molecule has 0 bridgehead atoms. The van der Waals surface area contributed by atoms with Crippen LogP contribution in [-0.2, 0) is 6.54 Å². The van der Waals surface area contributed by atoms with Crippen molar-refractivity contribution in [2.75, 3.05) is 12.4 Å². The largest absolute Gasteiger partial charge is 0.395 e. The van der Waals surface area contributed by atoms with Gasteiger partial charge in [-0.3, -0.25) is 0 Å². The number of hydrogen-bond acceptors (Lipinski definition) is 5. The summed E-state index contributed by atoms with van der Waals surface area (Å²) in [5.41, 5.74) is 0. The minimum absolute atomic E-state index is 0.0229. The predicted molar refractivity (Wildman–Crippen MR) is 62.6 cm³/mol. The molecule has 1 N–H and O–H groups in total. The lowest BCUT2D eigenvalue weighted by molar-refractivity contribution is -0.392. The van der Waals surface area contributed by atoms with Gasteiger partial charge in [-0.25, -0.2) is 9.55 Å². The Labute approximate surface area is 97.8 Å². The van der Waals surface area contributed by atoms with Crippen molar-refractivity contribution in [3.63, 3.8) is 0 Å². The molecule has 0 amide bonds. The highest BCUT2D eigenvalue weighted by Gasteiger charge is 2.16. The first-order valence-electron chi connectivity index (χ1n) is 4.95. The molecule has 0 saturated heterocycles. The number of aryl methyl sites for hydroxylation is 1. The lowest BCUT2D eigenvalue weighted by Crippen LogP contribution is -2.10. The summed E-state index contributed by atoms with van der Waals surface area (Å²) >= 11 is 1.58. The fourth-order valence-corrected chi connectivity index (χ4v) is 2.07. The molecular formula is C9H15N3O3S. The van der Waals surface area contributed by atoms with Crippen LogP contribution in [-0.4, -0.2) is 37.2 Å². The predicted octanol–water partition coefficient (Wildman–Crippen LogP) is 1.21. The van der Waals surface area contributed by atoms with Gasteiger partial charge < -0.3 is 15.2 Å². The minimum Gasteiger partial charge on any atom is -0.395 e. The van der Waals surface area contributed by atoms with E-state index < -0.39 is 4.92 Å². The first-order chi connectivity index (χ1) is 7.56. The number of aliphatic hydroxyl groups excluding tert-OH is 1. The highest BCUT2D eigenvalue weighted by molar-refractivity contribution is 7.99. The van der Waals surface area contributed by atoms with Crippen molar-refractivity contribution in [1.29, 1.82) is 0 Å². The first-order valence-corrected chi connectivity index (χ1v) is 6.00. The Morgan fingerprint density at radius 1 is 1.75 bits per heavy atom. The van der Waals surface area contributed by atoms with Crippen LogP contribution >= 0.6 is 11.8 Å². The molecule has 1 unspecified atom stereocenters. The number of thioether (sulfide) groups is 1. The topological polar surface area (TPSA) is 81.2 Å². The van der Waals surface area contributed by atoms with Gasteiger partial charge in [-0.15, -0.1) is 0 Å². The smallest absolute Gasteiger partial charge is 0.342 e. The van der Waals surface area contributed by atoms with Crippen molar-refractivity contribution in [2.24, 2.45) is 0 Å². The van der Waals surface area contributed by atoms with E-state index in [2.05, 4.69) is 4.98 Å². The van der Waals surface area contributed by atoms with E-state index in [1.165, 1.54) is 6.20 Å². The van der Waals surface area contributed by atoms with Crippen LogP contribution in [0.15, 0.2) is 6.20 Å². The van der Waals surface area contributed by atoms with Gasteiger partial charge in [-0.2, -0.15) is 11.8 Å². The summed E-state index contributed by atoms with van der Waals surface area (Å²) in [5.74, 6) is 1.39. The molecular weight excluding hydrogens is 230 g/mol. The minimum atomic E-state index is -0.430. The molecule has 0 fully saturated rings. The Balaban J connectivity index is 2.59. The molecule has 1 rings (SSSR count). The van der Waals surface area contributed by atoms with E-state index in [1.807, 2.05) is 6.92 Å². The second-order valence-electron chi connectivity index (χ2n) is 3.44. The summed E-state index contributed by atoms with van der Waals surface area (Å²) in [4.78, 5) is 14.2. The Morgan fingerprint density at radius 3 is 3.00 bits per heavy atom. The molecule has 0 aliphatic carbocycles. The van der Waals surface area contributed by atoms with Crippen LogP contribution in [0.2, 0.25) is 0 Å². The fourth-order valence-electron chi connectivity index (χ4n) is 1.28. The van der Waals surface area contributed by atoms with Crippen molar-refractivity contribution < 1.29 is 10.0 Å². The fraction of sp³-hybridized carbons (Fsp3) is 0.667. The molecule has 0 aliphatic rings. The van der Waals surface area contributed by atoms with E-state index in [9.17, 15) is 10.1 Å². The third kappa shape index (κ3) is 3.21. The highest BCUT2D eigenvalue weighted by Crippen LogP contribution is 2.16. The van der Waals surface area contributed by atoms with Crippen LogP contribution in [0, 0.1) is 17.0 Å². The summed E-state index contributed by atoms with van der Waals surface area (Å²) in [6, 6.07) is 0. The zero-order valence-corrected chi connectivity index (χ0v) is 10.1. The molecule has 1 heterocycles. The van der Waals surface area contributed by atoms with E-state index in [1.54, 1.807) is 23.3 Å². The number of nitro groups is 1. The van der Waals surface area contributed by atoms with E-state index in [4.69, 9.17) is 5.11 Å². The number of aliphatic hydroxyl groups is 1. The van der Waals surface area contributed by atoms with Gasteiger partial charge in [-0.05, 0) is 4.92 Å². The van der Waals surface area contributed by atoms with E-state index in [-0.39, 0.29) is 17.7 Å². The van der Waals surface area contributed by atoms with Crippen LogP contribution in [0.3, 0.4) is 0 Å². The van der Waals surface area contributed by atoms with Gasteiger partial charge in [0.2, 0.25) is 0 Å². The average molecular weight is 245 g/mol. The molecule has 0 aromatic carbocycles. The summed E-state index contributed by atoms with van der Waals surface area (Å²) in [6.07, 6.45) is 1.27. The van der Waals surface area contributed by atoms with Crippen LogP contribution < -0.4 is 0 Å². The average Bonchev–Trinajstić information content (AvgIpc) is 2.60. The van der Waals surface area contributed by atoms with Crippen molar-refractivity contribution >= 4 is 17.6 Å². The summed E-state index contributed by atoms with van der Waals surface area (Å²) in [6.45, 7) is 4.32. The normalized spacial score (nSPS) is 12.7. The molecule has 1 aromatic rings. The summed E-state index contributed by atoms with van der Waals surface area (Å²) in [5, 5.41) is 19.7. The van der Waals surface area contributed by atoms with Crippen molar-refractivity contribution in [3.8, 4) is 0 Å². The monoisotopic (exact) mass is 245 g/mol. The lowest BCUT2D eigenvalue weighted by atomic mass is 10.5.